The molecule has 0 aliphatic heterocycles. The second-order valence-corrected chi connectivity index (χ2v) is 6.04. The summed E-state index contributed by atoms with van der Waals surface area (Å²) in [6, 6.07) is 15.9. The molecule has 100 valence electrons. The van der Waals surface area contributed by atoms with Gasteiger partial charge in [0.1, 0.15) is 11.0 Å². The number of rotatable bonds is 5. The van der Waals surface area contributed by atoms with Crippen LogP contribution in [-0.4, -0.2) is 13.6 Å². The van der Waals surface area contributed by atoms with Gasteiger partial charge in [0.05, 0.1) is 5.69 Å². The third kappa shape index (κ3) is 3.87. The van der Waals surface area contributed by atoms with Crippen LogP contribution in [0.4, 0.5) is 5.69 Å². The van der Waals surface area contributed by atoms with Crippen molar-refractivity contribution in [2.45, 2.75) is 0 Å². The lowest BCUT2D eigenvalue weighted by atomic mass is 10.3. The maximum absolute atomic E-state index is 11.5. The van der Waals surface area contributed by atoms with Crippen LogP contribution in [-0.2, 0) is 10.0 Å². The number of para-hydroxylation sites is 3. The van der Waals surface area contributed by atoms with Crippen molar-refractivity contribution in [3.63, 3.8) is 0 Å². The SMILES string of the molecule is O=S(=O)(CCl)Nc1ccccc1Oc1ccccc1. The lowest BCUT2D eigenvalue weighted by Crippen LogP contribution is -2.13. The molecule has 0 aromatic heterocycles. The number of ether oxygens (including phenoxy) is 1. The minimum atomic E-state index is -3.55. The number of halogens is 1. The van der Waals surface area contributed by atoms with E-state index in [9.17, 15) is 8.42 Å². The average molecular weight is 298 g/mol. The summed E-state index contributed by atoms with van der Waals surface area (Å²) in [6.07, 6.45) is 0. The average Bonchev–Trinajstić information content (AvgIpc) is 2.42. The summed E-state index contributed by atoms with van der Waals surface area (Å²) in [4.78, 5) is 0. The van der Waals surface area contributed by atoms with E-state index in [1.165, 1.54) is 0 Å². The number of hydrogen-bond donors (Lipinski definition) is 1. The van der Waals surface area contributed by atoms with Crippen LogP contribution < -0.4 is 9.46 Å². The molecule has 2 rings (SSSR count). The fourth-order valence-corrected chi connectivity index (χ4v) is 2.17. The van der Waals surface area contributed by atoms with Gasteiger partial charge in [0.2, 0.25) is 10.0 Å². The van der Waals surface area contributed by atoms with E-state index in [0.717, 1.165) is 0 Å². The molecule has 0 unspecified atom stereocenters. The van der Waals surface area contributed by atoms with Crippen LogP contribution >= 0.6 is 11.6 Å². The highest BCUT2D eigenvalue weighted by Gasteiger charge is 2.12. The zero-order valence-electron chi connectivity index (χ0n) is 9.91. The van der Waals surface area contributed by atoms with Crippen molar-refractivity contribution in [2.75, 3.05) is 9.93 Å². The standard InChI is InChI=1S/C13H12ClNO3S/c14-10-19(16,17)15-12-8-4-5-9-13(12)18-11-6-2-1-3-7-11/h1-9,15H,10H2. The largest absolute Gasteiger partial charge is 0.455 e. The molecule has 4 nitrogen and oxygen atoms in total. The smallest absolute Gasteiger partial charge is 0.246 e. The van der Waals surface area contributed by atoms with Crippen LogP contribution in [0.5, 0.6) is 11.5 Å². The van der Waals surface area contributed by atoms with E-state index < -0.39 is 15.2 Å². The van der Waals surface area contributed by atoms with Crippen molar-refractivity contribution < 1.29 is 13.2 Å². The Kier molecular flexibility index (Phi) is 4.29. The van der Waals surface area contributed by atoms with Gasteiger partial charge in [0.15, 0.2) is 5.75 Å². The third-order valence-corrected chi connectivity index (χ3v) is 3.95. The highest BCUT2D eigenvalue weighted by atomic mass is 35.5. The number of anilines is 1. The molecular formula is C13H12ClNO3S. The van der Waals surface area contributed by atoms with E-state index >= 15 is 0 Å². The first-order valence-electron chi connectivity index (χ1n) is 5.49. The van der Waals surface area contributed by atoms with E-state index in [-0.39, 0.29) is 0 Å². The van der Waals surface area contributed by atoms with Crippen molar-refractivity contribution in [1.29, 1.82) is 0 Å². The summed E-state index contributed by atoms with van der Waals surface area (Å²) in [6.45, 7) is 0. The van der Waals surface area contributed by atoms with Crippen molar-refractivity contribution in [2.24, 2.45) is 0 Å². The maximum atomic E-state index is 11.5. The fourth-order valence-electron chi connectivity index (χ4n) is 1.45. The van der Waals surface area contributed by atoms with Crippen LogP contribution in [0, 0.1) is 0 Å². The van der Waals surface area contributed by atoms with Gasteiger partial charge in [0.25, 0.3) is 0 Å². The van der Waals surface area contributed by atoms with Crippen molar-refractivity contribution in [3.05, 3.63) is 54.6 Å². The molecule has 0 aliphatic rings. The molecular weight excluding hydrogens is 286 g/mol. The van der Waals surface area contributed by atoms with Crippen LogP contribution in [0.2, 0.25) is 0 Å². The first kappa shape index (κ1) is 13.7. The molecule has 0 saturated carbocycles. The van der Waals surface area contributed by atoms with Gasteiger partial charge in [-0.15, -0.1) is 11.6 Å². The van der Waals surface area contributed by atoms with E-state index in [0.29, 0.717) is 17.2 Å². The molecule has 0 radical (unpaired) electrons. The maximum Gasteiger partial charge on any atom is 0.246 e. The van der Waals surface area contributed by atoms with Crippen molar-refractivity contribution >= 4 is 27.3 Å². The summed E-state index contributed by atoms with van der Waals surface area (Å²) >= 11 is 5.36. The highest BCUT2D eigenvalue weighted by Crippen LogP contribution is 2.29. The van der Waals surface area contributed by atoms with Gasteiger partial charge in [-0.3, -0.25) is 4.72 Å². The van der Waals surface area contributed by atoms with Gasteiger partial charge < -0.3 is 4.74 Å². The molecule has 6 heteroatoms. The Morgan fingerprint density at radius 1 is 1.00 bits per heavy atom. The van der Waals surface area contributed by atoms with Crippen LogP contribution in [0.15, 0.2) is 54.6 Å². The molecule has 0 spiro atoms. The first-order valence-corrected chi connectivity index (χ1v) is 7.68. The Bertz CT molecular complexity index is 644. The summed E-state index contributed by atoms with van der Waals surface area (Å²) in [7, 11) is -3.55. The monoisotopic (exact) mass is 297 g/mol. The lowest BCUT2D eigenvalue weighted by Gasteiger charge is -2.12. The topological polar surface area (TPSA) is 55.4 Å². The van der Waals surface area contributed by atoms with Crippen LogP contribution in [0.1, 0.15) is 0 Å². The third-order valence-electron chi connectivity index (χ3n) is 2.27. The molecule has 0 amide bonds. The molecule has 0 saturated heterocycles. The molecule has 0 bridgehead atoms. The zero-order valence-corrected chi connectivity index (χ0v) is 11.5. The summed E-state index contributed by atoms with van der Waals surface area (Å²) in [5.41, 5.74) is 0.354. The van der Waals surface area contributed by atoms with Gasteiger partial charge in [0, 0.05) is 0 Å². The number of alkyl halides is 1. The number of nitrogens with one attached hydrogen (secondary N) is 1. The molecule has 0 aliphatic carbocycles. The minimum absolute atomic E-state index is 0.354. The lowest BCUT2D eigenvalue weighted by molar-refractivity contribution is 0.485. The van der Waals surface area contributed by atoms with Gasteiger partial charge in [-0.2, -0.15) is 0 Å². The molecule has 19 heavy (non-hydrogen) atoms. The summed E-state index contributed by atoms with van der Waals surface area (Å²) < 4.78 is 31.0. The van der Waals surface area contributed by atoms with Crippen molar-refractivity contribution in [1.82, 2.24) is 0 Å². The number of benzene rings is 2. The van der Waals surface area contributed by atoms with E-state index in [1.807, 2.05) is 18.2 Å². The van der Waals surface area contributed by atoms with Gasteiger partial charge in [-0.25, -0.2) is 8.42 Å². The Hall–Kier alpha value is -1.72. The molecule has 0 atom stereocenters. The Morgan fingerprint density at radius 2 is 1.63 bits per heavy atom. The first-order chi connectivity index (χ1) is 9.11. The molecule has 1 N–H and O–H groups in total. The second-order valence-electron chi connectivity index (χ2n) is 3.74. The van der Waals surface area contributed by atoms with Gasteiger partial charge in [-0.1, -0.05) is 30.3 Å². The zero-order chi connectivity index (χ0) is 13.7. The predicted octanol–water partition coefficient (Wildman–Crippen LogP) is 3.42. The van der Waals surface area contributed by atoms with Crippen LogP contribution in [0.25, 0.3) is 0 Å². The normalized spacial score (nSPS) is 11.0. The van der Waals surface area contributed by atoms with E-state index in [1.54, 1.807) is 36.4 Å². The quantitative estimate of drug-likeness (QED) is 0.860. The molecule has 0 fully saturated rings. The van der Waals surface area contributed by atoms with E-state index in [4.69, 9.17) is 16.3 Å². The summed E-state index contributed by atoms with van der Waals surface area (Å²) in [5.74, 6) is 1.04. The summed E-state index contributed by atoms with van der Waals surface area (Å²) in [5, 5.41) is -0.507. The predicted molar refractivity (Wildman–Crippen MR) is 76.2 cm³/mol. The Balaban J connectivity index is 2.27. The second kappa shape index (κ2) is 5.95. The number of hydrogen-bond acceptors (Lipinski definition) is 3. The fraction of sp³-hybridized carbons (Fsp3) is 0.0769. The van der Waals surface area contributed by atoms with Gasteiger partial charge in [-0.05, 0) is 24.3 Å². The highest BCUT2D eigenvalue weighted by molar-refractivity contribution is 7.93. The molecule has 2 aromatic rings. The van der Waals surface area contributed by atoms with E-state index in [2.05, 4.69) is 4.72 Å². The molecule has 0 heterocycles. The van der Waals surface area contributed by atoms with Crippen molar-refractivity contribution in [3.8, 4) is 11.5 Å². The Morgan fingerprint density at radius 3 is 2.32 bits per heavy atom. The number of sulfonamides is 1. The van der Waals surface area contributed by atoms with Gasteiger partial charge >= 0.3 is 0 Å². The van der Waals surface area contributed by atoms with Crippen LogP contribution in [0.3, 0.4) is 0 Å². The minimum Gasteiger partial charge on any atom is -0.455 e. The molecule has 2 aromatic carbocycles. The Labute approximate surface area is 117 Å².